The SMILES string of the molecule is Cc1ccccc1-c1nc2cc(N=Cc3ccc(OC(=O)c4ccc(Br)cc4)cc3)ccc2o1. The average molecular weight is 511 g/mol. The zero-order valence-electron chi connectivity index (χ0n) is 18.2. The van der Waals surface area contributed by atoms with Gasteiger partial charge < -0.3 is 9.15 Å². The molecule has 0 saturated heterocycles. The van der Waals surface area contributed by atoms with Crippen molar-refractivity contribution < 1.29 is 13.9 Å². The summed E-state index contributed by atoms with van der Waals surface area (Å²) in [4.78, 5) is 21.5. The zero-order chi connectivity index (χ0) is 23.5. The summed E-state index contributed by atoms with van der Waals surface area (Å²) in [5.74, 6) is 0.667. The molecule has 5 aromatic rings. The summed E-state index contributed by atoms with van der Waals surface area (Å²) >= 11 is 3.35. The van der Waals surface area contributed by atoms with Gasteiger partial charge in [-0.2, -0.15) is 0 Å². The van der Waals surface area contributed by atoms with E-state index >= 15 is 0 Å². The van der Waals surface area contributed by atoms with E-state index in [0.29, 0.717) is 22.8 Å². The number of esters is 1. The van der Waals surface area contributed by atoms with Gasteiger partial charge in [0.25, 0.3) is 0 Å². The molecular formula is C28H19BrN2O3. The fourth-order valence-corrected chi connectivity index (χ4v) is 3.71. The standard InChI is InChI=1S/C28H19BrN2O3/c1-18-4-2-3-5-24(18)27-31-25-16-22(12-15-26(25)34-27)30-17-19-6-13-23(14-7-19)33-28(32)20-8-10-21(29)11-9-20/h2-17H,1H3. The molecule has 5 rings (SSSR count). The molecule has 0 saturated carbocycles. The predicted octanol–water partition coefficient (Wildman–Crippen LogP) is 7.54. The van der Waals surface area contributed by atoms with E-state index in [1.807, 2.05) is 61.5 Å². The lowest BCUT2D eigenvalue weighted by atomic mass is 10.1. The van der Waals surface area contributed by atoms with Crippen LogP contribution in [-0.4, -0.2) is 17.2 Å². The minimum Gasteiger partial charge on any atom is -0.436 e. The first-order valence-corrected chi connectivity index (χ1v) is 11.4. The maximum Gasteiger partial charge on any atom is 0.343 e. The lowest BCUT2D eigenvalue weighted by Gasteiger charge is -2.04. The maximum atomic E-state index is 12.3. The fourth-order valence-electron chi connectivity index (χ4n) is 3.45. The Morgan fingerprint density at radius 1 is 0.971 bits per heavy atom. The number of hydrogen-bond acceptors (Lipinski definition) is 5. The molecule has 4 aromatic carbocycles. The number of carbonyl (C=O) groups is 1. The molecule has 34 heavy (non-hydrogen) atoms. The van der Waals surface area contributed by atoms with E-state index in [4.69, 9.17) is 9.15 Å². The van der Waals surface area contributed by atoms with Crippen molar-refractivity contribution >= 4 is 44.9 Å². The number of halogens is 1. The van der Waals surface area contributed by atoms with E-state index in [1.165, 1.54) is 0 Å². The van der Waals surface area contributed by atoms with E-state index in [0.717, 1.165) is 32.4 Å². The van der Waals surface area contributed by atoms with Crippen LogP contribution in [0.15, 0.2) is 105 Å². The molecule has 0 aliphatic carbocycles. The molecule has 0 radical (unpaired) electrons. The summed E-state index contributed by atoms with van der Waals surface area (Å²) in [7, 11) is 0. The van der Waals surface area contributed by atoms with E-state index in [1.54, 1.807) is 42.6 Å². The molecule has 0 aliphatic rings. The quantitative estimate of drug-likeness (QED) is 0.139. The third kappa shape index (κ3) is 4.82. The van der Waals surface area contributed by atoms with Crippen molar-refractivity contribution in [2.75, 3.05) is 0 Å². The number of aromatic nitrogens is 1. The number of hydrogen-bond donors (Lipinski definition) is 0. The maximum absolute atomic E-state index is 12.3. The first-order valence-electron chi connectivity index (χ1n) is 10.6. The Morgan fingerprint density at radius 3 is 2.50 bits per heavy atom. The Balaban J connectivity index is 1.29. The molecule has 0 N–H and O–H groups in total. The van der Waals surface area contributed by atoms with Crippen molar-refractivity contribution in [3.8, 4) is 17.2 Å². The van der Waals surface area contributed by atoms with Gasteiger partial charge in [-0.3, -0.25) is 4.99 Å². The van der Waals surface area contributed by atoms with Gasteiger partial charge in [0.1, 0.15) is 11.3 Å². The van der Waals surface area contributed by atoms with Crippen LogP contribution in [0.4, 0.5) is 5.69 Å². The van der Waals surface area contributed by atoms with Crippen LogP contribution in [0.3, 0.4) is 0 Å². The number of benzene rings is 4. The van der Waals surface area contributed by atoms with E-state index in [2.05, 4.69) is 25.9 Å². The molecule has 1 aromatic heterocycles. The number of carbonyl (C=O) groups excluding carboxylic acids is 1. The van der Waals surface area contributed by atoms with Crippen molar-refractivity contribution in [1.29, 1.82) is 0 Å². The first kappa shape index (κ1) is 21.8. The highest BCUT2D eigenvalue weighted by atomic mass is 79.9. The van der Waals surface area contributed by atoms with Crippen LogP contribution < -0.4 is 4.74 Å². The number of oxazole rings is 1. The Morgan fingerprint density at radius 2 is 1.74 bits per heavy atom. The molecule has 0 amide bonds. The molecule has 0 bridgehead atoms. The van der Waals surface area contributed by atoms with Crippen molar-refractivity contribution in [3.63, 3.8) is 0 Å². The molecule has 1 heterocycles. The number of aliphatic imine (C=N–C) groups is 1. The summed E-state index contributed by atoms with van der Waals surface area (Å²) in [6, 6.07) is 27.9. The third-order valence-electron chi connectivity index (χ3n) is 5.28. The molecule has 0 unspecified atom stereocenters. The lowest BCUT2D eigenvalue weighted by molar-refractivity contribution is 0.0734. The highest BCUT2D eigenvalue weighted by Crippen LogP contribution is 2.29. The summed E-state index contributed by atoms with van der Waals surface area (Å²) in [6.07, 6.45) is 1.75. The first-order chi connectivity index (χ1) is 16.5. The summed E-state index contributed by atoms with van der Waals surface area (Å²) in [6.45, 7) is 2.03. The van der Waals surface area contributed by atoms with Gasteiger partial charge in [0.2, 0.25) is 5.89 Å². The summed E-state index contributed by atoms with van der Waals surface area (Å²) in [5, 5.41) is 0. The molecular weight excluding hydrogens is 492 g/mol. The van der Waals surface area contributed by atoms with Crippen LogP contribution in [0.25, 0.3) is 22.6 Å². The molecule has 6 heteroatoms. The molecule has 0 spiro atoms. The highest BCUT2D eigenvalue weighted by molar-refractivity contribution is 9.10. The van der Waals surface area contributed by atoms with Crippen molar-refractivity contribution in [3.05, 3.63) is 112 Å². The number of rotatable bonds is 5. The minimum absolute atomic E-state index is 0.403. The van der Waals surface area contributed by atoms with Crippen molar-refractivity contribution in [1.82, 2.24) is 4.98 Å². The van der Waals surface area contributed by atoms with E-state index in [9.17, 15) is 4.79 Å². The van der Waals surface area contributed by atoms with Gasteiger partial charge in [0.05, 0.1) is 11.3 Å². The minimum atomic E-state index is -0.403. The number of fused-ring (bicyclic) bond motifs is 1. The number of aryl methyl sites for hydroxylation is 1. The lowest BCUT2D eigenvalue weighted by Crippen LogP contribution is -2.08. The predicted molar refractivity (Wildman–Crippen MR) is 137 cm³/mol. The second-order valence-corrected chi connectivity index (χ2v) is 8.63. The molecule has 0 aliphatic heterocycles. The van der Waals surface area contributed by atoms with Crippen LogP contribution >= 0.6 is 15.9 Å². The largest absolute Gasteiger partial charge is 0.436 e. The Kier molecular flexibility index (Phi) is 6.06. The van der Waals surface area contributed by atoms with Gasteiger partial charge in [-0.1, -0.05) is 34.1 Å². The highest BCUT2D eigenvalue weighted by Gasteiger charge is 2.11. The van der Waals surface area contributed by atoms with Crippen LogP contribution in [0.5, 0.6) is 5.75 Å². The van der Waals surface area contributed by atoms with Crippen LogP contribution in [-0.2, 0) is 0 Å². The molecule has 5 nitrogen and oxygen atoms in total. The number of ether oxygens (including phenoxy) is 1. The van der Waals surface area contributed by atoms with E-state index in [-0.39, 0.29) is 0 Å². The van der Waals surface area contributed by atoms with Gasteiger partial charge in [-0.25, -0.2) is 9.78 Å². The van der Waals surface area contributed by atoms with Crippen LogP contribution in [0.2, 0.25) is 0 Å². The second kappa shape index (κ2) is 9.45. The Hall–Kier alpha value is -4.03. The van der Waals surface area contributed by atoms with Crippen molar-refractivity contribution in [2.24, 2.45) is 4.99 Å². The zero-order valence-corrected chi connectivity index (χ0v) is 19.8. The molecule has 166 valence electrons. The molecule has 0 atom stereocenters. The normalized spacial score (nSPS) is 11.2. The topological polar surface area (TPSA) is 64.7 Å². The summed E-state index contributed by atoms with van der Waals surface area (Å²) < 4.78 is 12.3. The van der Waals surface area contributed by atoms with Crippen LogP contribution in [0.1, 0.15) is 21.5 Å². The Labute approximate surface area is 204 Å². The second-order valence-electron chi connectivity index (χ2n) is 7.71. The Bertz CT molecular complexity index is 1500. The van der Waals surface area contributed by atoms with Gasteiger partial charge >= 0.3 is 5.97 Å². The van der Waals surface area contributed by atoms with Crippen molar-refractivity contribution in [2.45, 2.75) is 6.92 Å². The van der Waals surface area contributed by atoms with Gasteiger partial charge in [0, 0.05) is 16.3 Å². The number of nitrogens with zero attached hydrogens (tertiary/aromatic N) is 2. The van der Waals surface area contributed by atoms with Gasteiger partial charge in [-0.15, -0.1) is 0 Å². The van der Waals surface area contributed by atoms with E-state index < -0.39 is 5.97 Å². The smallest absolute Gasteiger partial charge is 0.343 e. The third-order valence-corrected chi connectivity index (χ3v) is 5.81. The monoisotopic (exact) mass is 510 g/mol. The fraction of sp³-hybridized carbons (Fsp3) is 0.0357. The molecule has 0 fully saturated rings. The van der Waals surface area contributed by atoms with Gasteiger partial charge in [-0.05, 0) is 90.8 Å². The average Bonchev–Trinajstić information content (AvgIpc) is 3.27. The summed E-state index contributed by atoms with van der Waals surface area (Å²) in [5.41, 5.74) is 5.69. The van der Waals surface area contributed by atoms with Gasteiger partial charge in [0.15, 0.2) is 5.58 Å². The van der Waals surface area contributed by atoms with Crippen LogP contribution in [0, 0.1) is 6.92 Å².